The van der Waals surface area contributed by atoms with Gasteiger partial charge in [0, 0.05) is 19.0 Å². The van der Waals surface area contributed by atoms with Crippen LogP contribution in [0.3, 0.4) is 0 Å². The van der Waals surface area contributed by atoms with Gasteiger partial charge >= 0.3 is 5.97 Å². The van der Waals surface area contributed by atoms with Crippen LogP contribution >= 0.6 is 0 Å². The average molecular weight is 399 g/mol. The van der Waals surface area contributed by atoms with Gasteiger partial charge in [0.2, 0.25) is 5.91 Å². The standard InChI is InChI=1S/C22H30N4O3/c1-2-29-22(28)17-9-13-26(14-10-17)21(27)16-7-11-25(12-8-16)15-20-23-18-5-3-4-6-19(18)24-20/h3-6,16-17H,2,7-15H2,1H3,(H,23,24). The molecule has 2 saturated heterocycles. The van der Waals surface area contributed by atoms with Crippen molar-refractivity contribution in [1.82, 2.24) is 19.8 Å². The van der Waals surface area contributed by atoms with Crippen LogP contribution in [0.25, 0.3) is 11.0 Å². The molecule has 1 aromatic heterocycles. The van der Waals surface area contributed by atoms with E-state index in [-0.39, 0.29) is 23.7 Å². The molecule has 2 aliphatic heterocycles. The normalized spacial score (nSPS) is 19.6. The van der Waals surface area contributed by atoms with E-state index >= 15 is 0 Å². The topological polar surface area (TPSA) is 78.5 Å². The summed E-state index contributed by atoms with van der Waals surface area (Å²) in [4.78, 5) is 37.2. The molecule has 0 atom stereocenters. The van der Waals surface area contributed by atoms with Gasteiger partial charge in [0.1, 0.15) is 5.82 Å². The number of rotatable bonds is 5. The van der Waals surface area contributed by atoms with E-state index in [9.17, 15) is 9.59 Å². The van der Waals surface area contributed by atoms with Gasteiger partial charge < -0.3 is 14.6 Å². The molecule has 1 N–H and O–H groups in total. The van der Waals surface area contributed by atoms with E-state index < -0.39 is 0 Å². The second-order valence-electron chi connectivity index (χ2n) is 8.10. The number of hydrogen-bond donors (Lipinski definition) is 1. The summed E-state index contributed by atoms with van der Waals surface area (Å²) in [5, 5.41) is 0. The number of aromatic amines is 1. The predicted octanol–water partition coefficient (Wildman–Crippen LogP) is 2.58. The van der Waals surface area contributed by atoms with E-state index in [1.165, 1.54) is 0 Å². The Morgan fingerprint density at radius 2 is 1.76 bits per heavy atom. The van der Waals surface area contributed by atoms with Crippen molar-refractivity contribution in [2.45, 2.75) is 39.2 Å². The largest absolute Gasteiger partial charge is 0.466 e. The number of esters is 1. The minimum absolute atomic E-state index is 0.0512. The number of fused-ring (bicyclic) bond motifs is 1. The van der Waals surface area contributed by atoms with Crippen LogP contribution in [0.15, 0.2) is 24.3 Å². The maximum absolute atomic E-state index is 12.9. The van der Waals surface area contributed by atoms with Crippen molar-refractivity contribution in [1.29, 1.82) is 0 Å². The molecule has 1 aromatic carbocycles. The highest BCUT2D eigenvalue weighted by molar-refractivity contribution is 5.80. The van der Waals surface area contributed by atoms with Crippen molar-refractivity contribution >= 4 is 22.9 Å². The quantitative estimate of drug-likeness (QED) is 0.783. The average Bonchev–Trinajstić information content (AvgIpc) is 3.16. The molecule has 1 amide bonds. The molecule has 7 heteroatoms. The third-order valence-electron chi connectivity index (χ3n) is 6.18. The molecule has 7 nitrogen and oxygen atoms in total. The maximum Gasteiger partial charge on any atom is 0.309 e. The van der Waals surface area contributed by atoms with Gasteiger partial charge in [-0.25, -0.2) is 4.98 Å². The summed E-state index contributed by atoms with van der Waals surface area (Å²) in [5.41, 5.74) is 2.07. The zero-order chi connectivity index (χ0) is 20.2. The molecule has 0 aliphatic carbocycles. The lowest BCUT2D eigenvalue weighted by Gasteiger charge is -2.36. The fraction of sp³-hybridized carbons (Fsp3) is 0.591. The van der Waals surface area contributed by atoms with Crippen LogP contribution in [0.4, 0.5) is 0 Å². The van der Waals surface area contributed by atoms with Crippen LogP contribution < -0.4 is 0 Å². The van der Waals surface area contributed by atoms with E-state index in [0.29, 0.717) is 19.7 Å². The van der Waals surface area contributed by atoms with E-state index in [0.717, 1.165) is 62.2 Å². The third-order valence-corrected chi connectivity index (χ3v) is 6.18. The fourth-order valence-electron chi connectivity index (χ4n) is 4.48. The number of ether oxygens (including phenoxy) is 1. The first-order valence-electron chi connectivity index (χ1n) is 10.8. The number of piperidine rings is 2. The Kier molecular flexibility index (Phi) is 6.13. The maximum atomic E-state index is 12.9. The summed E-state index contributed by atoms with van der Waals surface area (Å²) in [6.45, 7) is 6.20. The van der Waals surface area contributed by atoms with Gasteiger partial charge in [-0.1, -0.05) is 12.1 Å². The summed E-state index contributed by atoms with van der Waals surface area (Å²) in [7, 11) is 0. The predicted molar refractivity (Wildman–Crippen MR) is 110 cm³/mol. The molecule has 29 heavy (non-hydrogen) atoms. The van der Waals surface area contributed by atoms with Crippen LogP contribution in [0.5, 0.6) is 0 Å². The van der Waals surface area contributed by atoms with Gasteiger partial charge in [0.15, 0.2) is 0 Å². The van der Waals surface area contributed by atoms with Crippen LogP contribution in [-0.2, 0) is 20.9 Å². The van der Waals surface area contributed by atoms with Gasteiger partial charge in [-0.05, 0) is 57.8 Å². The number of benzene rings is 1. The Bertz CT molecular complexity index is 816. The molecule has 0 saturated carbocycles. The first-order valence-corrected chi connectivity index (χ1v) is 10.8. The van der Waals surface area contributed by atoms with Crippen LogP contribution in [0.1, 0.15) is 38.4 Å². The molecular weight excluding hydrogens is 368 g/mol. The number of H-pyrrole nitrogens is 1. The lowest BCUT2D eigenvalue weighted by molar-refractivity contribution is -0.152. The summed E-state index contributed by atoms with van der Waals surface area (Å²) in [6.07, 6.45) is 3.21. The second kappa shape index (κ2) is 8.95. The molecule has 0 radical (unpaired) electrons. The van der Waals surface area contributed by atoms with Crippen LogP contribution in [0.2, 0.25) is 0 Å². The lowest BCUT2D eigenvalue weighted by atomic mass is 9.92. The summed E-state index contributed by atoms with van der Waals surface area (Å²) < 4.78 is 5.12. The number of hydrogen-bond acceptors (Lipinski definition) is 5. The van der Waals surface area contributed by atoms with Gasteiger partial charge in [0.05, 0.1) is 30.1 Å². The molecule has 2 fully saturated rings. The van der Waals surface area contributed by atoms with Gasteiger partial charge in [-0.3, -0.25) is 14.5 Å². The number of carbonyl (C=O) groups is 2. The summed E-state index contributed by atoms with van der Waals surface area (Å²) >= 11 is 0. The molecule has 0 spiro atoms. The third kappa shape index (κ3) is 4.61. The Balaban J connectivity index is 1.24. The van der Waals surface area contributed by atoms with Crippen molar-refractivity contribution in [2.75, 3.05) is 32.8 Å². The Morgan fingerprint density at radius 3 is 2.45 bits per heavy atom. The molecule has 0 unspecified atom stereocenters. The van der Waals surface area contributed by atoms with Crippen molar-refractivity contribution < 1.29 is 14.3 Å². The lowest BCUT2D eigenvalue weighted by Crippen LogP contribution is -2.46. The molecule has 3 heterocycles. The smallest absolute Gasteiger partial charge is 0.309 e. The Labute approximate surface area is 171 Å². The van der Waals surface area contributed by atoms with Crippen molar-refractivity contribution in [3.8, 4) is 0 Å². The van der Waals surface area contributed by atoms with Crippen LogP contribution in [-0.4, -0.2) is 64.4 Å². The first-order chi connectivity index (χ1) is 14.1. The van der Waals surface area contributed by atoms with Gasteiger partial charge in [-0.2, -0.15) is 0 Å². The number of aromatic nitrogens is 2. The number of imidazole rings is 1. The van der Waals surface area contributed by atoms with Crippen molar-refractivity contribution in [3.63, 3.8) is 0 Å². The van der Waals surface area contributed by atoms with E-state index in [1.54, 1.807) is 0 Å². The minimum atomic E-state index is -0.113. The zero-order valence-corrected chi connectivity index (χ0v) is 17.1. The molecule has 2 aromatic rings. The molecule has 4 rings (SSSR count). The fourth-order valence-corrected chi connectivity index (χ4v) is 4.48. The highest BCUT2D eigenvalue weighted by Gasteiger charge is 2.33. The Morgan fingerprint density at radius 1 is 1.07 bits per heavy atom. The number of likely N-dealkylation sites (tertiary alicyclic amines) is 2. The van der Waals surface area contributed by atoms with E-state index in [4.69, 9.17) is 4.74 Å². The Hall–Kier alpha value is -2.41. The zero-order valence-electron chi connectivity index (χ0n) is 17.1. The summed E-state index contributed by atoms with van der Waals surface area (Å²) in [6, 6.07) is 8.07. The summed E-state index contributed by atoms with van der Waals surface area (Å²) in [5.74, 6) is 1.18. The number of nitrogens with zero attached hydrogens (tertiary/aromatic N) is 3. The number of nitrogens with one attached hydrogen (secondary N) is 1. The number of carbonyl (C=O) groups excluding carboxylic acids is 2. The monoisotopic (exact) mass is 398 g/mol. The van der Waals surface area contributed by atoms with E-state index in [1.807, 2.05) is 36.1 Å². The molecule has 0 bridgehead atoms. The highest BCUT2D eigenvalue weighted by atomic mass is 16.5. The van der Waals surface area contributed by atoms with Crippen molar-refractivity contribution in [3.05, 3.63) is 30.1 Å². The highest BCUT2D eigenvalue weighted by Crippen LogP contribution is 2.25. The number of para-hydroxylation sites is 2. The van der Waals surface area contributed by atoms with Crippen LogP contribution in [0, 0.1) is 11.8 Å². The molecule has 2 aliphatic rings. The van der Waals surface area contributed by atoms with Crippen molar-refractivity contribution in [2.24, 2.45) is 11.8 Å². The first kappa shape index (κ1) is 19.9. The van der Waals surface area contributed by atoms with Gasteiger partial charge in [-0.15, -0.1) is 0 Å². The van der Waals surface area contributed by atoms with Gasteiger partial charge in [0.25, 0.3) is 0 Å². The minimum Gasteiger partial charge on any atom is -0.466 e. The SMILES string of the molecule is CCOC(=O)C1CCN(C(=O)C2CCN(Cc3nc4ccccc4[nH]3)CC2)CC1. The molecule has 156 valence electrons. The molecular formula is C22H30N4O3. The number of amides is 1. The second-order valence-corrected chi connectivity index (χ2v) is 8.10. The van der Waals surface area contributed by atoms with E-state index in [2.05, 4.69) is 14.9 Å².